The van der Waals surface area contributed by atoms with Gasteiger partial charge in [0.1, 0.15) is 5.75 Å². The van der Waals surface area contributed by atoms with E-state index in [1.165, 1.54) is 17.5 Å². The van der Waals surface area contributed by atoms with Crippen LogP contribution in [0.3, 0.4) is 0 Å². The molecular weight excluding hydrogens is 188 g/mol. The third kappa shape index (κ3) is 2.15. The normalized spacial score (nSPS) is 19.7. The van der Waals surface area contributed by atoms with Crippen molar-refractivity contribution in [2.24, 2.45) is 0 Å². The summed E-state index contributed by atoms with van der Waals surface area (Å²) in [6.07, 6.45) is 3.80. The monoisotopic (exact) mass is 206 g/mol. The van der Waals surface area contributed by atoms with E-state index in [1.807, 2.05) is 6.07 Å². The van der Waals surface area contributed by atoms with Crippen molar-refractivity contribution < 1.29 is 9.47 Å². The number of hydrogen-bond acceptors (Lipinski definition) is 2. The van der Waals surface area contributed by atoms with Crippen LogP contribution in [0.4, 0.5) is 0 Å². The predicted octanol–water partition coefficient (Wildman–Crippen LogP) is 3.11. The van der Waals surface area contributed by atoms with E-state index in [1.54, 1.807) is 7.11 Å². The third-order valence-corrected chi connectivity index (χ3v) is 2.98. The van der Waals surface area contributed by atoms with Gasteiger partial charge in [-0.1, -0.05) is 6.07 Å². The average Bonchev–Trinajstić information content (AvgIpc) is 2.29. The Morgan fingerprint density at radius 2 is 2.27 bits per heavy atom. The fourth-order valence-electron chi connectivity index (χ4n) is 2.25. The molecule has 82 valence electrons. The number of aryl methyl sites for hydroxylation is 1. The van der Waals surface area contributed by atoms with Crippen molar-refractivity contribution >= 4 is 0 Å². The summed E-state index contributed by atoms with van der Waals surface area (Å²) in [4.78, 5) is 0. The molecule has 0 fully saturated rings. The lowest BCUT2D eigenvalue weighted by Gasteiger charge is -2.25. The van der Waals surface area contributed by atoms with Crippen LogP contribution in [0.15, 0.2) is 18.2 Å². The molecule has 0 bridgehead atoms. The van der Waals surface area contributed by atoms with E-state index in [0.29, 0.717) is 6.10 Å². The second kappa shape index (κ2) is 4.67. The van der Waals surface area contributed by atoms with Gasteiger partial charge < -0.3 is 9.47 Å². The highest BCUT2D eigenvalue weighted by atomic mass is 16.5. The Bertz CT molecular complexity index is 333. The molecule has 1 atom stereocenters. The lowest BCUT2D eigenvalue weighted by atomic mass is 9.89. The molecule has 2 heteroatoms. The molecule has 0 N–H and O–H groups in total. The minimum absolute atomic E-state index is 0.296. The zero-order valence-electron chi connectivity index (χ0n) is 9.45. The molecule has 1 aliphatic rings. The van der Waals surface area contributed by atoms with Crippen LogP contribution >= 0.6 is 0 Å². The van der Waals surface area contributed by atoms with Crippen LogP contribution in [0.2, 0.25) is 0 Å². The van der Waals surface area contributed by atoms with Crippen LogP contribution < -0.4 is 4.74 Å². The quantitative estimate of drug-likeness (QED) is 0.756. The molecule has 1 aromatic rings. The molecule has 1 aromatic carbocycles. The lowest BCUT2D eigenvalue weighted by molar-refractivity contribution is 0.0500. The Balaban J connectivity index is 2.28. The fraction of sp³-hybridized carbons (Fsp3) is 0.538. The molecule has 0 aromatic heterocycles. The van der Waals surface area contributed by atoms with Crippen molar-refractivity contribution in [1.82, 2.24) is 0 Å². The molecule has 2 nitrogen and oxygen atoms in total. The van der Waals surface area contributed by atoms with E-state index in [-0.39, 0.29) is 0 Å². The molecule has 0 saturated heterocycles. The van der Waals surface area contributed by atoms with E-state index in [0.717, 1.165) is 25.2 Å². The minimum Gasteiger partial charge on any atom is -0.497 e. The average molecular weight is 206 g/mol. The van der Waals surface area contributed by atoms with Crippen molar-refractivity contribution in [3.05, 3.63) is 29.3 Å². The van der Waals surface area contributed by atoms with E-state index in [9.17, 15) is 0 Å². The molecule has 0 heterocycles. The van der Waals surface area contributed by atoms with Gasteiger partial charge in [-0.25, -0.2) is 0 Å². The number of ether oxygens (including phenoxy) is 2. The van der Waals surface area contributed by atoms with Gasteiger partial charge in [-0.05, 0) is 49.4 Å². The van der Waals surface area contributed by atoms with Crippen LogP contribution in [0, 0.1) is 0 Å². The summed E-state index contributed by atoms with van der Waals surface area (Å²) >= 11 is 0. The highest BCUT2D eigenvalue weighted by Gasteiger charge is 2.20. The van der Waals surface area contributed by atoms with Gasteiger partial charge in [0.2, 0.25) is 0 Å². The Labute approximate surface area is 91.2 Å². The van der Waals surface area contributed by atoms with Gasteiger partial charge in [-0.15, -0.1) is 0 Å². The molecule has 0 spiro atoms. The number of hydrogen-bond donors (Lipinski definition) is 0. The van der Waals surface area contributed by atoms with Gasteiger partial charge in [-0.3, -0.25) is 0 Å². The van der Waals surface area contributed by atoms with Crippen molar-refractivity contribution in [2.45, 2.75) is 32.3 Å². The van der Waals surface area contributed by atoms with Gasteiger partial charge in [0.25, 0.3) is 0 Å². The first-order chi connectivity index (χ1) is 7.35. The lowest BCUT2D eigenvalue weighted by Crippen LogP contribution is -2.12. The molecular formula is C13H18O2. The Kier molecular flexibility index (Phi) is 3.27. The van der Waals surface area contributed by atoms with Gasteiger partial charge in [0.05, 0.1) is 13.2 Å². The van der Waals surface area contributed by atoms with Crippen molar-refractivity contribution in [3.63, 3.8) is 0 Å². The van der Waals surface area contributed by atoms with Crippen molar-refractivity contribution in [1.29, 1.82) is 0 Å². The summed E-state index contributed by atoms with van der Waals surface area (Å²) in [6.45, 7) is 2.84. The molecule has 0 unspecified atom stereocenters. The summed E-state index contributed by atoms with van der Waals surface area (Å²) in [5, 5.41) is 0. The smallest absolute Gasteiger partial charge is 0.119 e. The van der Waals surface area contributed by atoms with E-state index < -0.39 is 0 Å². The maximum Gasteiger partial charge on any atom is 0.119 e. The number of rotatable bonds is 3. The van der Waals surface area contributed by atoms with Crippen molar-refractivity contribution in [3.8, 4) is 5.75 Å². The first kappa shape index (κ1) is 10.5. The van der Waals surface area contributed by atoms with Crippen molar-refractivity contribution in [2.75, 3.05) is 13.7 Å². The molecule has 0 radical (unpaired) electrons. The molecule has 0 amide bonds. The van der Waals surface area contributed by atoms with Gasteiger partial charge in [0, 0.05) is 6.61 Å². The zero-order chi connectivity index (χ0) is 10.7. The highest BCUT2D eigenvalue weighted by molar-refractivity contribution is 5.38. The molecule has 2 rings (SSSR count). The number of methoxy groups -OCH3 is 1. The second-order valence-corrected chi connectivity index (χ2v) is 3.90. The van der Waals surface area contributed by atoms with Crippen LogP contribution in [0.25, 0.3) is 0 Å². The van der Waals surface area contributed by atoms with Crippen LogP contribution in [0.5, 0.6) is 5.75 Å². The fourth-order valence-corrected chi connectivity index (χ4v) is 2.25. The molecule has 15 heavy (non-hydrogen) atoms. The van der Waals surface area contributed by atoms with Gasteiger partial charge in [0.15, 0.2) is 0 Å². The largest absolute Gasteiger partial charge is 0.497 e. The maximum absolute atomic E-state index is 5.74. The molecule has 0 aliphatic heterocycles. The van der Waals surface area contributed by atoms with Crippen LogP contribution in [-0.4, -0.2) is 13.7 Å². The summed E-state index contributed by atoms with van der Waals surface area (Å²) in [7, 11) is 1.71. The second-order valence-electron chi connectivity index (χ2n) is 3.90. The summed E-state index contributed by atoms with van der Waals surface area (Å²) in [6, 6.07) is 6.31. The molecule has 1 aliphatic carbocycles. The topological polar surface area (TPSA) is 18.5 Å². The third-order valence-electron chi connectivity index (χ3n) is 2.98. The highest BCUT2D eigenvalue weighted by Crippen LogP contribution is 2.34. The predicted molar refractivity (Wildman–Crippen MR) is 60.3 cm³/mol. The van der Waals surface area contributed by atoms with E-state index >= 15 is 0 Å². The number of fused-ring (bicyclic) bond motifs is 1. The minimum atomic E-state index is 0.296. The summed E-state index contributed by atoms with van der Waals surface area (Å²) < 4.78 is 11.0. The van der Waals surface area contributed by atoms with E-state index in [4.69, 9.17) is 9.47 Å². The van der Waals surface area contributed by atoms with Crippen LogP contribution in [0.1, 0.15) is 37.0 Å². The Morgan fingerprint density at radius 3 is 3.00 bits per heavy atom. The summed E-state index contributed by atoms with van der Waals surface area (Å²) in [5.74, 6) is 0.950. The first-order valence-electron chi connectivity index (χ1n) is 5.63. The summed E-state index contributed by atoms with van der Waals surface area (Å²) in [5.41, 5.74) is 2.74. The number of benzene rings is 1. The Hall–Kier alpha value is -1.02. The maximum atomic E-state index is 5.74. The van der Waals surface area contributed by atoms with Crippen LogP contribution in [-0.2, 0) is 11.2 Å². The SMILES string of the molecule is CCO[C@@H]1CCCc2cc(OC)ccc21. The first-order valence-corrected chi connectivity index (χ1v) is 5.63. The van der Waals surface area contributed by atoms with E-state index in [2.05, 4.69) is 19.1 Å². The van der Waals surface area contributed by atoms with Gasteiger partial charge in [-0.2, -0.15) is 0 Å². The standard InChI is InChI=1S/C13H18O2/c1-3-15-13-6-4-5-10-9-11(14-2)7-8-12(10)13/h7-9,13H,3-6H2,1-2H3/t13-/m1/s1. The molecule has 0 saturated carbocycles. The zero-order valence-corrected chi connectivity index (χ0v) is 9.45. The Morgan fingerprint density at radius 1 is 1.40 bits per heavy atom. The van der Waals surface area contributed by atoms with Gasteiger partial charge >= 0.3 is 0 Å².